The molecular weight excluding hydrogens is 184 g/mol. The van der Waals surface area contributed by atoms with Crippen molar-refractivity contribution in [2.24, 2.45) is 5.92 Å². The van der Waals surface area contributed by atoms with Crippen LogP contribution in [0.1, 0.15) is 40.3 Å². The number of nitrogens with zero attached hydrogens (tertiary/aromatic N) is 1. The highest BCUT2D eigenvalue weighted by atomic mass is 15.0. The third-order valence-electron chi connectivity index (χ3n) is 2.29. The summed E-state index contributed by atoms with van der Waals surface area (Å²) >= 11 is 0. The predicted octanol–water partition coefficient (Wildman–Crippen LogP) is 3.03. The van der Waals surface area contributed by atoms with E-state index in [9.17, 15) is 0 Å². The first-order chi connectivity index (χ1) is 6.88. The topological polar surface area (TPSA) is 17.0 Å². The molecule has 0 bridgehead atoms. The van der Waals surface area contributed by atoms with Crippen LogP contribution in [0.5, 0.6) is 0 Å². The van der Waals surface area contributed by atoms with Gasteiger partial charge in [-0.05, 0) is 38.8 Å². The molecule has 0 aliphatic rings. The van der Waals surface area contributed by atoms with Gasteiger partial charge in [0.2, 0.25) is 0 Å². The first-order valence-electron chi connectivity index (χ1n) is 5.77. The Labute approximate surface area is 93.7 Å². The highest BCUT2D eigenvalue weighted by Gasteiger charge is 2.10. The normalized spacial score (nSPS) is 12.4. The number of hydrogen-bond donors (Lipinski definition) is 1. The van der Waals surface area contributed by atoms with Crippen molar-refractivity contribution in [1.29, 1.82) is 0 Å². The smallest absolute Gasteiger partial charge is 0.0363 e. The fourth-order valence-electron chi connectivity index (χ4n) is 1.54. The molecule has 0 amide bonds. The fraction of sp³-hybridized carbons (Fsp3) is 0.692. The van der Waals surface area contributed by atoms with Gasteiger partial charge in [0.05, 0.1) is 0 Å². The summed E-state index contributed by atoms with van der Waals surface area (Å²) < 4.78 is 2.34. The Kier molecular flexibility index (Phi) is 3.97. The van der Waals surface area contributed by atoms with E-state index in [0.29, 0.717) is 5.92 Å². The maximum Gasteiger partial charge on any atom is 0.0363 e. The van der Waals surface area contributed by atoms with Gasteiger partial charge in [-0.2, -0.15) is 0 Å². The molecule has 1 rings (SSSR count). The lowest BCUT2D eigenvalue weighted by Gasteiger charge is -2.21. The second-order valence-electron chi connectivity index (χ2n) is 5.65. The Morgan fingerprint density at radius 1 is 1.33 bits per heavy atom. The van der Waals surface area contributed by atoms with Gasteiger partial charge in [-0.3, -0.25) is 0 Å². The van der Waals surface area contributed by atoms with Gasteiger partial charge >= 0.3 is 0 Å². The minimum absolute atomic E-state index is 0.187. The second-order valence-corrected chi connectivity index (χ2v) is 5.65. The molecule has 1 heterocycles. The molecule has 0 atom stereocenters. The van der Waals surface area contributed by atoms with Gasteiger partial charge in [0, 0.05) is 30.5 Å². The third kappa shape index (κ3) is 4.52. The molecule has 0 aromatic carbocycles. The molecular formula is C13H24N2. The first-order valence-corrected chi connectivity index (χ1v) is 5.77. The van der Waals surface area contributed by atoms with Crippen LogP contribution in [0.2, 0.25) is 0 Å². The van der Waals surface area contributed by atoms with Gasteiger partial charge in [-0.1, -0.05) is 13.8 Å². The van der Waals surface area contributed by atoms with Crippen molar-refractivity contribution in [3.05, 3.63) is 24.0 Å². The van der Waals surface area contributed by atoms with E-state index in [-0.39, 0.29) is 5.54 Å². The molecule has 2 nitrogen and oxygen atoms in total. The average molecular weight is 208 g/mol. The van der Waals surface area contributed by atoms with Gasteiger partial charge in [-0.15, -0.1) is 0 Å². The molecule has 0 aliphatic carbocycles. The van der Waals surface area contributed by atoms with E-state index >= 15 is 0 Å². The van der Waals surface area contributed by atoms with E-state index in [1.54, 1.807) is 0 Å². The van der Waals surface area contributed by atoms with Crippen molar-refractivity contribution >= 4 is 0 Å². The van der Waals surface area contributed by atoms with E-state index in [4.69, 9.17) is 0 Å². The summed E-state index contributed by atoms with van der Waals surface area (Å²) in [5.41, 5.74) is 1.56. The van der Waals surface area contributed by atoms with Gasteiger partial charge in [-0.25, -0.2) is 0 Å². The Balaban J connectivity index is 2.57. The van der Waals surface area contributed by atoms with Crippen LogP contribution < -0.4 is 5.32 Å². The van der Waals surface area contributed by atoms with Gasteiger partial charge < -0.3 is 9.88 Å². The monoisotopic (exact) mass is 208 g/mol. The standard InChI is InChI=1S/C13H24N2/c1-11(2)10-15-8-6-7-12(15)9-14-13(3,4)5/h6-8,11,14H,9-10H2,1-5H3. The van der Waals surface area contributed by atoms with Crippen molar-refractivity contribution in [3.63, 3.8) is 0 Å². The van der Waals surface area contributed by atoms with Gasteiger partial charge in [0.1, 0.15) is 0 Å². The average Bonchev–Trinajstić information content (AvgIpc) is 2.46. The van der Waals surface area contributed by atoms with Crippen LogP contribution in [0.15, 0.2) is 18.3 Å². The van der Waals surface area contributed by atoms with Crippen molar-refractivity contribution in [3.8, 4) is 0 Å². The molecule has 0 saturated heterocycles. The Hall–Kier alpha value is -0.760. The summed E-state index contributed by atoms with van der Waals surface area (Å²) in [5.74, 6) is 0.700. The first kappa shape index (κ1) is 12.3. The lowest BCUT2D eigenvalue weighted by Crippen LogP contribution is -2.35. The number of nitrogens with one attached hydrogen (secondary N) is 1. The highest BCUT2D eigenvalue weighted by molar-refractivity contribution is 5.07. The zero-order valence-corrected chi connectivity index (χ0v) is 10.7. The zero-order chi connectivity index (χ0) is 11.5. The van der Waals surface area contributed by atoms with E-state index < -0.39 is 0 Å². The molecule has 0 aliphatic heterocycles. The van der Waals surface area contributed by atoms with Gasteiger partial charge in [0.15, 0.2) is 0 Å². The van der Waals surface area contributed by atoms with Crippen LogP contribution in [0.25, 0.3) is 0 Å². The molecule has 2 heteroatoms. The van der Waals surface area contributed by atoms with Gasteiger partial charge in [0.25, 0.3) is 0 Å². The molecule has 0 fully saturated rings. The molecule has 1 aromatic heterocycles. The molecule has 0 spiro atoms. The predicted molar refractivity (Wildman–Crippen MR) is 65.9 cm³/mol. The number of aromatic nitrogens is 1. The molecule has 0 radical (unpaired) electrons. The lowest BCUT2D eigenvalue weighted by atomic mass is 10.1. The van der Waals surface area contributed by atoms with Crippen molar-refractivity contribution in [2.75, 3.05) is 0 Å². The third-order valence-corrected chi connectivity index (χ3v) is 2.29. The zero-order valence-electron chi connectivity index (χ0n) is 10.7. The van der Waals surface area contributed by atoms with E-state index in [1.165, 1.54) is 5.69 Å². The molecule has 1 aromatic rings. The number of hydrogen-bond acceptors (Lipinski definition) is 1. The largest absolute Gasteiger partial charge is 0.350 e. The molecule has 0 unspecified atom stereocenters. The summed E-state index contributed by atoms with van der Waals surface area (Å²) in [6, 6.07) is 4.32. The van der Waals surface area contributed by atoms with Crippen LogP contribution in [0.4, 0.5) is 0 Å². The molecule has 15 heavy (non-hydrogen) atoms. The van der Waals surface area contributed by atoms with Crippen LogP contribution in [-0.4, -0.2) is 10.1 Å². The summed E-state index contributed by atoms with van der Waals surface area (Å²) in [7, 11) is 0. The summed E-state index contributed by atoms with van der Waals surface area (Å²) in [4.78, 5) is 0. The Morgan fingerprint density at radius 2 is 2.00 bits per heavy atom. The Bertz CT molecular complexity index is 292. The molecule has 1 N–H and O–H groups in total. The van der Waals surface area contributed by atoms with E-state index in [1.807, 2.05) is 0 Å². The van der Waals surface area contributed by atoms with Crippen molar-refractivity contribution < 1.29 is 0 Å². The Morgan fingerprint density at radius 3 is 2.53 bits per heavy atom. The second kappa shape index (κ2) is 4.84. The van der Waals surface area contributed by atoms with Crippen LogP contribution in [0, 0.1) is 5.92 Å². The number of rotatable bonds is 4. The fourth-order valence-corrected chi connectivity index (χ4v) is 1.54. The van der Waals surface area contributed by atoms with Crippen molar-refractivity contribution in [2.45, 2.75) is 53.2 Å². The summed E-state index contributed by atoms with van der Waals surface area (Å²) in [6.45, 7) is 13.1. The molecule has 0 saturated carbocycles. The minimum atomic E-state index is 0.187. The van der Waals surface area contributed by atoms with Crippen molar-refractivity contribution in [1.82, 2.24) is 9.88 Å². The van der Waals surface area contributed by atoms with Crippen LogP contribution in [-0.2, 0) is 13.1 Å². The van der Waals surface area contributed by atoms with E-state index in [2.05, 4.69) is 62.8 Å². The van der Waals surface area contributed by atoms with Crippen LogP contribution >= 0.6 is 0 Å². The quantitative estimate of drug-likeness (QED) is 0.805. The maximum absolute atomic E-state index is 3.52. The highest BCUT2D eigenvalue weighted by Crippen LogP contribution is 2.08. The SMILES string of the molecule is CC(C)Cn1cccc1CNC(C)(C)C. The molecule has 86 valence electrons. The van der Waals surface area contributed by atoms with E-state index in [0.717, 1.165) is 13.1 Å². The summed E-state index contributed by atoms with van der Waals surface area (Å²) in [5, 5.41) is 3.52. The lowest BCUT2D eigenvalue weighted by molar-refractivity contribution is 0.410. The minimum Gasteiger partial charge on any atom is -0.350 e. The van der Waals surface area contributed by atoms with Crippen LogP contribution in [0.3, 0.4) is 0 Å². The summed E-state index contributed by atoms with van der Waals surface area (Å²) in [6.07, 6.45) is 2.17. The maximum atomic E-state index is 3.52.